The summed E-state index contributed by atoms with van der Waals surface area (Å²) >= 11 is 0. The molecule has 0 radical (unpaired) electrons. The van der Waals surface area contributed by atoms with E-state index in [1.807, 2.05) is 0 Å². The van der Waals surface area contributed by atoms with Crippen molar-refractivity contribution in [2.24, 2.45) is 5.92 Å². The van der Waals surface area contributed by atoms with Gasteiger partial charge in [-0.05, 0) is 48.6 Å². The molecule has 1 heterocycles. The number of benzene rings is 1. The molecule has 3 nitrogen and oxygen atoms in total. The Morgan fingerprint density at radius 3 is 2.71 bits per heavy atom. The number of ether oxygens (including phenoxy) is 1. The van der Waals surface area contributed by atoms with Crippen LogP contribution in [0.3, 0.4) is 0 Å². The lowest BCUT2D eigenvalue weighted by Gasteiger charge is -2.40. The summed E-state index contributed by atoms with van der Waals surface area (Å²) in [5.74, 6) is 0.662. The molecule has 1 fully saturated rings. The predicted octanol–water partition coefficient (Wildman–Crippen LogP) is 5.06. The van der Waals surface area contributed by atoms with Crippen molar-refractivity contribution in [3.63, 3.8) is 0 Å². The Bertz CT molecular complexity index is 626. The van der Waals surface area contributed by atoms with Crippen molar-refractivity contribution in [3.8, 4) is 0 Å². The molecule has 0 amide bonds. The number of carbonyl (C=O) groups is 1. The Kier molecular flexibility index (Phi) is 4.98. The highest BCUT2D eigenvalue weighted by Crippen LogP contribution is 2.44. The molecule has 0 saturated heterocycles. The van der Waals surface area contributed by atoms with Crippen molar-refractivity contribution in [1.82, 2.24) is 0 Å². The summed E-state index contributed by atoms with van der Waals surface area (Å²) in [5, 5.41) is 10.0. The van der Waals surface area contributed by atoms with Crippen LogP contribution in [0.15, 0.2) is 36.1 Å². The predicted molar refractivity (Wildman–Crippen MR) is 95.0 cm³/mol. The van der Waals surface area contributed by atoms with Gasteiger partial charge in [0, 0.05) is 6.42 Å². The third-order valence-electron chi connectivity index (χ3n) is 5.62. The molecule has 130 valence electrons. The Morgan fingerprint density at radius 1 is 1.29 bits per heavy atom. The van der Waals surface area contributed by atoms with Crippen LogP contribution in [0.2, 0.25) is 0 Å². The summed E-state index contributed by atoms with van der Waals surface area (Å²) in [7, 11) is 0. The summed E-state index contributed by atoms with van der Waals surface area (Å²) in [6.07, 6.45) is 7.91. The summed E-state index contributed by atoms with van der Waals surface area (Å²) in [6.45, 7) is 4.40. The number of carbonyl (C=O) groups excluding carboxylic acids is 1. The fourth-order valence-corrected chi connectivity index (χ4v) is 4.25. The Hall–Kier alpha value is -1.77. The van der Waals surface area contributed by atoms with Gasteiger partial charge in [-0.2, -0.15) is 0 Å². The topological polar surface area (TPSA) is 46.5 Å². The van der Waals surface area contributed by atoms with Gasteiger partial charge in [0.05, 0.1) is 6.08 Å². The fourth-order valence-electron chi connectivity index (χ4n) is 4.25. The van der Waals surface area contributed by atoms with Crippen molar-refractivity contribution in [3.05, 3.63) is 47.2 Å². The van der Waals surface area contributed by atoms with Crippen LogP contribution < -0.4 is 0 Å². The second-order valence-electron chi connectivity index (χ2n) is 7.68. The third kappa shape index (κ3) is 3.66. The van der Waals surface area contributed by atoms with Crippen molar-refractivity contribution in [2.45, 2.75) is 70.3 Å². The van der Waals surface area contributed by atoms with Gasteiger partial charge in [0.25, 0.3) is 0 Å². The number of rotatable bonds is 5. The molecule has 3 heteroatoms. The molecule has 1 atom stereocenters. The highest BCUT2D eigenvalue weighted by Gasteiger charge is 2.45. The first-order chi connectivity index (χ1) is 11.5. The standard InChI is InChI=1S/C21H28O3/c1-15(2)17-7-5-6-16(12-17)10-11-21(18-8-3-4-9-18)14-19(22)13-20(23)24-21/h5-7,12-13,15,18,22H,3-4,8-11,14H2,1-2H3. The lowest BCUT2D eigenvalue weighted by atomic mass is 9.77. The molecule has 1 unspecified atom stereocenters. The number of hydrogen-bond acceptors (Lipinski definition) is 3. The fraction of sp³-hybridized carbons (Fsp3) is 0.571. The van der Waals surface area contributed by atoms with Gasteiger partial charge < -0.3 is 9.84 Å². The largest absolute Gasteiger partial charge is 0.512 e. The Balaban J connectivity index is 1.79. The number of cyclic esters (lactones) is 1. The van der Waals surface area contributed by atoms with Crippen LogP contribution in [-0.4, -0.2) is 16.7 Å². The average molecular weight is 328 g/mol. The molecule has 0 spiro atoms. The zero-order valence-corrected chi connectivity index (χ0v) is 14.8. The zero-order valence-electron chi connectivity index (χ0n) is 14.8. The molecule has 1 aromatic rings. The quantitative estimate of drug-likeness (QED) is 0.768. The van der Waals surface area contributed by atoms with Gasteiger partial charge in [-0.1, -0.05) is 51.0 Å². The van der Waals surface area contributed by atoms with E-state index in [0.29, 0.717) is 18.3 Å². The molecular formula is C21H28O3. The maximum absolute atomic E-state index is 11.9. The van der Waals surface area contributed by atoms with Gasteiger partial charge in [-0.25, -0.2) is 4.79 Å². The SMILES string of the molecule is CC(C)c1cccc(CCC2(C3CCCC3)CC(O)=CC(=O)O2)c1. The first-order valence-electron chi connectivity index (χ1n) is 9.20. The lowest BCUT2D eigenvalue weighted by Crippen LogP contribution is -2.44. The van der Waals surface area contributed by atoms with E-state index in [-0.39, 0.29) is 11.7 Å². The van der Waals surface area contributed by atoms with Crippen LogP contribution in [0.25, 0.3) is 0 Å². The molecule has 24 heavy (non-hydrogen) atoms. The van der Waals surface area contributed by atoms with Gasteiger partial charge in [-0.3, -0.25) is 0 Å². The summed E-state index contributed by atoms with van der Waals surface area (Å²) in [6, 6.07) is 8.68. The second kappa shape index (κ2) is 7.00. The molecular weight excluding hydrogens is 300 g/mol. The average Bonchev–Trinajstić information content (AvgIpc) is 3.07. The number of esters is 1. The minimum Gasteiger partial charge on any atom is -0.512 e. The second-order valence-corrected chi connectivity index (χ2v) is 7.68. The van der Waals surface area contributed by atoms with Crippen molar-refractivity contribution in [1.29, 1.82) is 0 Å². The van der Waals surface area contributed by atoms with E-state index < -0.39 is 5.60 Å². The van der Waals surface area contributed by atoms with Crippen molar-refractivity contribution in [2.75, 3.05) is 0 Å². The van der Waals surface area contributed by atoms with Crippen LogP contribution in [0, 0.1) is 5.92 Å². The number of aliphatic hydroxyl groups excluding tert-OH is 1. The van der Waals surface area contributed by atoms with Crippen molar-refractivity contribution >= 4 is 5.97 Å². The molecule has 0 bridgehead atoms. The first-order valence-corrected chi connectivity index (χ1v) is 9.20. The third-order valence-corrected chi connectivity index (χ3v) is 5.62. The molecule has 1 saturated carbocycles. The van der Waals surface area contributed by atoms with Gasteiger partial charge >= 0.3 is 5.97 Å². The minimum atomic E-state index is -0.528. The van der Waals surface area contributed by atoms with Crippen LogP contribution in [0.4, 0.5) is 0 Å². The monoisotopic (exact) mass is 328 g/mol. The summed E-state index contributed by atoms with van der Waals surface area (Å²) < 4.78 is 5.85. The number of aryl methyl sites for hydroxylation is 1. The van der Waals surface area contributed by atoms with E-state index in [1.165, 1.54) is 30.0 Å². The van der Waals surface area contributed by atoms with E-state index in [4.69, 9.17) is 4.74 Å². The minimum absolute atomic E-state index is 0.175. The maximum Gasteiger partial charge on any atom is 0.334 e. The maximum atomic E-state index is 11.9. The van der Waals surface area contributed by atoms with Crippen LogP contribution >= 0.6 is 0 Å². The molecule has 1 aromatic carbocycles. The van der Waals surface area contributed by atoms with Gasteiger partial charge in [-0.15, -0.1) is 0 Å². The zero-order chi connectivity index (χ0) is 17.2. The van der Waals surface area contributed by atoms with E-state index in [1.54, 1.807) is 0 Å². The molecule has 1 aliphatic heterocycles. The summed E-state index contributed by atoms with van der Waals surface area (Å²) in [4.78, 5) is 11.9. The van der Waals surface area contributed by atoms with E-state index >= 15 is 0 Å². The molecule has 0 aromatic heterocycles. The van der Waals surface area contributed by atoms with Crippen LogP contribution in [0.1, 0.15) is 69.4 Å². The molecule has 2 aliphatic rings. The summed E-state index contributed by atoms with van der Waals surface area (Å²) in [5.41, 5.74) is 2.09. The van der Waals surface area contributed by atoms with Gasteiger partial charge in [0.15, 0.2) is 0 Å². The van der Waals surface area contributed by atoms with Crippen LogP contribution in [-0.2, 0) is 16.0 Å². The first kappa shape index (κ1) is 17.1. The normalized spacial score (nSPS) is 25.0. The number of hydrogen-bond donors (Lipinski definition) is 1. The molecule has 3 rings (SSSR count). The van der Waals surface area contributed by atoms with Gasteiger partial charge in [0.2, 0.25) is 0 Å². The highest BCUT2D eigenvalue weighted by atomic mass is 16.6. The highest BCUT2D eigenvalue weighted by molar-refractivity contribution is 5.83. The van der Waals surface area contributed by atoms with Gasteiger partial charge in [0.1, 0.15) is 11.4 Å². The molecule has 1 aliphatic carbocycles. The smallest absolute Gasteiger partial charge is 0.334 e. The van der Waals surface area contributed by atoms with E-state index in [0.717, 1.165) is 25.7 Å². The lowest BCUT2D eigenvalue weighted by molar-refractivity contribution is -0.165. The van der Waals surface area contributed by atoms with E-state index in [2.05, 4.69) is 38.1 Å². The number of aliphatic hydroxyl groups is 1. The Morgan fingerprint density at radius 2 is 2.04 bits per heavy atom. The van der Waals surface area contributed by atoms with E-state index in [9.17, 15) is 9.90 Å². The molecule has 1 N–H and O–H groups in total. The van der Waals surface area contributed by atoms with Crippen molar-refractivity contribution < 1.29 is 14.6 Å². The Labute approximate surface area is 144 Å². The van der Waals surface area contributed by atoms with Crippen LogP contribution in [0.5, 0.6) is 0 Å².